The van der Waals surface area contributed by atoms with Crippen LogP contribution in [0.3, 0.4) is 0 Å². The summed E-state index contributed by atoms with van der Waals surface area (Å²) < 4.78 is 45.0. The Morgan fingerprint density at radius 3 is 2.84 bits per heavy atom. The van der Waals surface area contributed by atoms with E-state index < -0.39 is 29.8 Å². The highest BCUT2D eigenvalue weighted by Gasteiger charge is 2.45. The molecule has 0 radical (unpaired) electrons. The number of nitrogens with zero attached hydrogens (tertiary/aromatic N) is 4. The molecule has 2 aromatic rings. The molecule has 170 valence electrons. The summed E-state index contributed by atoms with van der Waals surface area (Å²) in [6.07, 6.45) is 0.0714. The molecule has 1 atom stereocenters. The average Bonchev–Trinajstić information content (AvgIpc) is 3.03. The number of urea groups is 1. The Morgan fingerprint density at radius 1 is 1.41 bits per heavy atom. The molecular weight excluding hydrogens is 423 g/mol. The van der Waals surface area contributed by atoms with Gasteiger partial charge in [-0.2, -0.15) is 19.1 Å². The van der Waals surface area contributed by atoms with Gasteiger partial charge in [0.1, 0.15) is 17.6 Å². The smallest absolute Gasteiger partial charge is 0.322 e. The van der Waals surface area contributed by atoms with Gasteiger partial charge in [-0.15, -0.1) is 0 Å². The second-order valence-corrected chi connectivity index (χ2v) is 8.96. The first kappa shape index (κ1) is 22.1. The third kappa shape index (κ3) is 4.05. The van der Waals surface area contributed by atoms with Gasteiger partial charge in [-0.1, -0.05) is 0 Å². The van der Waals surface area contributed by atoms with E-state index in [1.165, 1.54) is 21.7 Å². The highest BCUT2D eigenvalue weighted by Crippen LogP contribution is 2.43. The fraction of sp³-hybridized carbons (Fsp3) is 0.500. The molecule has 1 aromatic carbocycles. The fourth-order valence-electron chi connectivity index (χ4n) is 4.38. The molecule has 0 saturated heterocycles. The Morgan fingerprint density at radius 2 is 2.16 bits per heavy atom. The van der Waals surface area contributed by atoms with Crippen LogP contribution < -0.4 is 5.32 Å². The van der Waals surface area contributed by atoms with Crippen molar-refractivity contribution in [2.24, 2.45) is 5.92 Å². The second kappa shape index (κ2) is 7.81. The first-order chi connectivity index (χ1) is 15.0. The van der Waals surface area contributed by atoms with Crippen LogP contribution in [-0.2, 0) is 25.4 Å². The Kier molecular flexibility index (Phi) is 5.41. The lowest BCUT2D eigenvalue weighted by Crippen LogP contribution is -2.39. The molecule has 0 fully saturated rings. The Balaban J connectivity index is 1.59. The summed E-state index contributed by atoms with van der Waals surface area (Å²) in [6.45, 7) is 3.65. The maximum atomic E-state index is 15.1. The van der Waals surface area contributed by atoms with Gasteiger partial charge in [-0.3, -0.25) is 4.68 Å². The van der Waals surface area contributed by atoms with Crippen LogP contribution in [0.15, 0.2) is 18.2 Å². The van der Waals surface area contributed by atoms with Crippen LogP contribution in [0, 0.1) is 23.1 Å². The number of alkyl halides is 2. The molecule has 0 bridgehead atoms. The number of anilines is 1. The standard InChI is InChI=1S/C22H24F3N5O2/c1-21(2,32)14-5-7-22(24,25)19-16-12-29(8-6-18(16)28-30(19)11-14)20(31)27-15-3-4-17(23)13(9-15)10-26/h3-4,9,14,32H,5-8,11-12H2,1-2H3,(H,27,31). The Labute approximate surface area is 183 Å². The summed E-state index contributed by atoms with van der Waals surface area (Å²) >= 11 is 0. The molecule has 7 nitrogen and oxygen atoms in total. The molecule has 0 spiro atoms. The number of carbonyl (C=O) groups excluding carboxylic acids is 1. The number of benzene rings is 1. The van der Waals surface area contributed by atoms with E-state index in [1.807, 2.05) is 0 Å². The van der Waals surface area contributed by atoms with Gasteiger partial charge >= 0.3 is 6.03 Å². The minimum absolute atomic E-state index is 0.0361. The zero-order valence-electron chi connectivity index (χ0n) is 17.8. The third-order valence-corrected chi connectivity index (χ3v) is 6.27. The zero-order valence-corrected chi connectivity index (χ0v) is 17.8. The van der Waals surface area contributed by atoms with Gasteiger partial charge in [-0.25, -0.2) is 9.18 Å². The first-order valence-electron chi connectivity index (χ1n) is 10.4. The molecule has 32 heavy (non-hydrogen) atoms. The minimum Gasteiger partial charge on any atom is -0.390 e. The van der Waals surface area contributed by atoms with Crippen LogP contribution in [-0.4, -0.2) is 38.0 Å². The van der Waals surface area contributed by atoms with Gasteiger partial charge in [0, 0.05) is 43.1 Å². The lowest BCUT2D eigenvalue weighted by molar-refractivity contribution is -0.0335. The number of nitriles is 1. The Hall–Kier alpha value is -3.06. The summed E-state index contributed by atoms with van der Waals surface area (Å²) in [5.41, 5.74) is -0.394. The van der Waals surface area contributed by atoms with Crippen LogP contribution in [0.25, 0.3) is 0 Å². The van der Waals surface area contributed by atoms with Crippen molar-refractivity contribution in [1.82, 2.24) is 14.7 Å². The summed E-state index contributed by atoms with van der Waals surface area (Å²) in [6, 6.07) is 4.82. The van der Waals surface area contributed by atoms with Crippen LogP contribution in [0.5, 0.6) is 0 Å². The highest BCUT2D eigenvalue weighted by atomic mass is 19.3. The van der Waals surface area contributed by atoms with E-state index >= 15 is 8.78 Å². The topological polar surface area (TPSA) is 94.2 Å². The highest BCUT2D eigenvalue weighted by molar-refractivity contribution is 5.89. The van der Waals surface area contributed by atoms with Gasteiger partial charge < -0.3 is 15.3 Å². The number of aromatic nitrogens is 2. The molecule has 10 heteroatoms. The molecule has 4 rings (SSSR count). The summed E-state index contributed by atoms with van der Waals surface area (Å²) in [5.74, 6) is -4.19. The molecule has 0 aliphatic carbocycles. The third-order valence-electron chi connectivity index (χ3n) is 6.27. The van der Waals surface area contributed by atoms with Crippen molar-refractivity contribution in [1.29, 1.82) is 5.26 Å². The minimum atomic E-state index is -3.13. The van der Waals surface area contributed by atoms with E-state index in [0.29, 0.717) is 17.7 Å². The van der Waals surface area contributed by atoms with E-state index in [-0.39, 0.29) is 48.9 Å². The van der Waals surface area contributed by atoms with Gasteiger partial charge in [0.05, 0.1) is 23.4 Å². The first-order valence-corrected chi connectivity index (χ1v) is 10.4. The molecule has 2 aliphatic heterocycles. The number of hydrogen-bond donors (Lipinski definition) is 2. The number of fused-ring (bicyclic) bond motifs is 3. The lowest BCUT2D eigenvalue weighted by Gasteiger charge is -2.28. The summed E-state index contributed by atoms with van der Waals surface area (Å²) in [7, 11) is 0. The van der Waals surface area contributed by atoms with Crippen molar-refractivity contribution in [3.8, 4) is 6.07 Å². The summed E-state index contributed by atoms with van der Waals surface area (Å²) in [4.78, 5) is 14.2. The number of halogens is 3. The van der Waals surface area contributed by atoms with Crippen molar-refractivity contribution in [3.63, 3.8) is 0 Å². The molecule has 1 aromatic heterocycles. The number of amides is 2. The molecule has 3 heterocycles. The van der Waals surface area contributed by atoms with E-state index in [1.54, 1.807) is 19.9 Å². The van der Waals surface area contributed by atoms with Crippen molar-refractivity contribution in [3.05, 3.63) is 46.5 Å². The molecule has 2 amide bonds. The predicted octanol–water partition coefficient (Wildman–Crippen LogP) is 3.76. The predicted molar refractivity (Wildman–Crippen MR) is 109 cm³/mol. The quantitative estimate of drug-likeness (QED) is 0.733. The number of nitrogens with one attached hydrogen (secondary N) is 1. The van der Waals surface area contributed by atoms with Crippen molar-refractivity contribution in [2.75, 3.05) is 11.9 Å². The number of hydrogen-bond acceptors (Lipinski definition) is 4. The number of carbonyl (C=O) groups is 1. The van der Waals surface area contributed by atoms with Gasteiger partial charge in [-0.05, 0) is 38.5 Å². The maximum Gasteiger partial charge on any atom is 0.322 e. The van der Waals surface area contributed by atoms with Crippen LogP contribution in [0.1, 0.15) is 49.2 Å². The van der Waals surface area contributed by atoms with Gasteiger partial charge in [0.15, 0.2) is 0 Å². The van der Waals surface area contributed by atoms with Crippen LogP contribution in [0.2, 0.25) is 0 Å². The van der Waals surface area contributed by atoms with Crippen molar-refractivity contribution in [2.45, 2.75) is 57.7 Å². The Bertz CT molecular complexity index is 1100. The molecule has 0 saturated carbocycles. The lowest BCUT2D eigenvalue weighted by atomic mass is 9.86. The number of aliphatic hydroxyl groups is 1. The van der Waals surface area contributed by atoms with E-state index in [9.17, 15) is 14.3 Å². The second-order valence-electron chi connectivity index (χ2n) is 8.96. The van der Waals surface area contributed by atoms with Crippen molar-refractivity contribution >= 4 is 11.7 Å². The molecule has 2 N–H and O–H groups in total. The maximum absolute atomic E-state index is 15.1. The van der Waals surface area contributed by atoms with Gasteiger partial charge in [0.2, 0.25) is 0 Å². The molecular formula is C22H24F3N5O2. The zero-order chi connectivity index (χ0) is 23.3. The van der Waals surface area contributed by atoms with Crippen LogP contribution in [0.4, 0.5) is 23.7 Å². The fourth-order valence-corrected chi connectivity index (χ4v) is 4.38. The average molecular weight is 447 g/mol. The van der Waals surface area contributed by atoms with E-state index in [2.05, 4.69) is 10.4 Å². The molecule has 2 aliphatic rings. The number of rotatable bonds is 2. The van der Waals surface area contributed by atoms with E-state index in [0.717, 1.165) is 6.07 Å². The largest absolute Gasteiger partial charge is 0.390 e. The van der Waals surface area contributed by atoms with Crippen LogP contribution >= 0.6 is 0 Å². The monoisotopic (exact) mass is 447 g/mol. The SMILES string of the molecule is CC(C)(O)C1CCC(F)(F)c2c3c(nn2C1)CCN(C(=O)Nc1ccc(F)c(C#N)c1)C3. The normalized spacial score (nSPS) is 20.0. The summed E-state index contributed by atoms with van der Waals surface area (Å²) in [5, 5.41) is 26.3. The van der Waals surface area contributed by atoms with E-state index in [4.69, 9.17) is 5.26 Å². The molecule has 1 unspecified atom stereocenters. The van der Waals surface area contributed by atoms with Crippen molar-refractivity contribution < 1.29 is 23.1 Å². The van der Waals surface area contributed by atoms with Gasteiger partial charge in [0.25, 0.3) is 5.92 Å².